The summed E-state index contributed by atoms with van der Waals surface area (Å²) in [5.74, 6) is 0.801. The minimum absolute atomic E-state index is 0.136. The molecular formula is C31H32N4O2. The second-order valence-electron chi connectivity index (χ2n) is 10.0. The summed E-state index contributed by atoms with van der Waals surface area (Å²) in [5.41, 5.74) is 13.4. The van der Waals surface area contributed by atoms with Crippen LogP contribution in [0, 0.1) is 5.92 Å². The van der Waals surface area contributed by atoms with Crippen molar-refractivity contribution in [3.05, 3.63) is 72.8 Å². The summed E-state index contributed by atoms with van der Waals surface area (Å²) in [6, 6.07) is 24.9. The Balaban J connectivity index is 1.27. The van der Waals surface area contributed by atoms with E-state index in [2.05, 4.69) is 58.7 Å². The van der Waals surface area contributed by atoms with Crippen LogP contribution >= 0.6 is 0 Å². The van der Waals surface area contributed by atoms with Gasteiger partial charge in [0, 0.05) is 41.3 Å². The summed E-state index contributed by atoms with van der Waals surface area (Å²) >= 11 is 0. The first-order chi connectivity index (χ1) is 18.1. The number of fused-ring (bicyclic) bond motifs is 1. The zero-order valence-electron chi connectivity index (χ0n) is 21.0. The molecule has 6 rings (SSSR count). The quantitative estimate of drug-likeness (QED) is 0.351. The van der Waals surface area contributed by atoms with E-state index >= 15 is 0 Å². The molecule has 2 aliphatic rings. The number of hydrogen-bond donors (Lipinski definition) is 2. The van der Waals surface area contributed by atoms with Gasteiger partial charge < -0.3 is 20.7 Å². The number of anilines is 3. The number of carbonyl (C=O) groups is 1. The topological polar surface area (TPSA) is 80.5 Å². The SMILES string of the molecule is Nc1nc2ccc(-c3cccc(NC(=O)C4CCCC4)c3)cc2cc1-c1ccc(N2CCOCC2)cc1. The smallest absolute Gasteiger partial charge is 0.227 e. The summed E-state index contributed by atoms with van der Waals surface area (Å²) in [6.45, 7) is 3.35. The minimum atomic E-state index is 0.136. The Labute approximate surface area is 217 Å². The second kappa shape index (κ2) is 10.2. The molecule has 188 valence electrons. The van der Waals surface area contributed by atoms with Crippen molar-refractivity contribution in [2.24, 2.45) is 5.92 Å². The van der Waals surface area contributed by atoms with E-state index in [-0.39, 0.29) is 11.8 Å². The van der Waals surface area contributed by atoms with Gasteiger partial charge in [-0.3, -0.25) is 4.79 Å². The first-order valence-corrected chi connectivity index (χ1v) is 13.2. The van der Waals surface area contributed by atoms with Gasteiger partial charge in [-0.05, 0) is 72.0 Å². The predicted molar refractivity (Wildman–Crippen MR) is 151 cm³/mol. The highest BCUT2D eigenvalue weighted by molar-refractivity contribution is 5.94. The molecule has 1 aliphatic heterocycles. The van der Waals surface area contributed by atoms with Crippen LogP contribution in [0.15, 0.2) is 72.8 Å². The van der Waals surface area contributed by atoms with E-state index in [0.29, 0.717) is 5.82 Å². The average molecular weight is 493 g/mol. The van der Waals surface area contributed by atoms with Crippen molar-refractivity contribution < 1.29 is 9.53 Å². The number of nitrogens with zero attached hydrogens (tertiary/aromatic N) is 2. The van der Waals surface area contributed by atoms with E-state index in [4.69, 9.17) is 15.5 Å². The molecule has 1 aromatic heterocycles. The molecule has 2 heterocycles. The Hall–Kier alpha value is -3.90. The number of hydrogen-bond acceptors (Lipinski definition) is 5. The summed E-state index contributed by atoms with van der Waals surface area (Å²) in [6.07, 6.45) is 4.27. The van der Waals surface area contributed by atoms with Gasteiger partial charge in [0.15, 0.2) is 0 Å². The molecule has 37 heavy (non-hydrogen) atoms. The molecule has 0 unspecified atom stereocenters. The lowest BCUT2D eigenvalue weighted by molar-refractivity contribution is -0.119. The van der Waals surface area contributed by atoms with Gasteiger partial charge in [0.1, 0.15) is 5.82 Å². The lowest BCUT2D eigenvalue weighted by Crippen LogP contribution is -2.36. The highest BCUT2D eigenvalue weighted by Gasteiger charge is 2.22. The number of rotatable bonds is 5. The van der Waals surface area contributed by atoms with Crippen molar-refractivity contribution in [2.45, 2.75) is 25.7 Å². The van der Waals surface area contributed by atoms with Crippen molar-refractivity contribution in [1.29, 1.82) is 0 Å². The molecule has 3 aromatic carbocycles. The number of carbonyl (C=O) groups excluding carboxylic acids is 1. The van der Waals surface area contributed by atoms with Gasteiger partial charge >= 0.3 is 0 Å². The van der Waals surface area contributed by atoms with Gasteiger partial charge in [0.25, 0.3) is 0 Å². The third-order valence-electron chi connectivity index (χ3n) is 7.59. The van der Waals surface area contributed by atoms with E-state index in [1.54, 1.807) is 0 Å². The Kier molecular flexibility index (Phi) is 6.49. The molecule has 0 atom stereocenters. The largest absolute Gasteiger partial charge is 0.383 e. The van der Waals surface area contributed by atoms with Crippen LogP contribution < -0.4 is 16.0 Å². The molecule has 6 heteroatoms. The Morgan fingerprint density at radius 1 is 0.892 bits per heavy atom. The standard InChI is InChI=1S/C31H32N4O2/c32-30-28(21-8-11-27(12-9-21)35-14-16-37-17-15-35)20-25-18-24(10-13-29(25)34-30)23-6-3-7-26(19-23)33-31(36)22-4-1-2-5-22/h3,6-13,18-20,22H,1-2,4-5,14-17H2,(H2,32,34)(H,33,36). The maximum absolute atomic E-state index is 12.6. The van der Waals surface area contributed by atoms with Crippen LogP contribution in [0.5, 0.6) is 0 Å². The summed E-state index contributed by atoms with van der Waals surface area (Å²) in [5, 5.41) is 4.15. The Morgan fingerprint density at radius 3 is 2.41 bits per heavy atom. The van der Waals surface area contributed by atoms with Crippen LogP contribution in [0.3, 0.4) is 0 Å². The van der Waals surface area contributed by atoms with Crippen LogP contribution in [0.25, 0.3) is 33.2 Å². The molecule has 6 nitrogen and oxygen atoms in total. The van der Waals surface area contributed by atoms with E-state index < -0.39 is 0 Å². The monoisotopic (exact) mass is 492 g/mol. The van der Waals surface area contributed by atoms with Crippen molar-refractivity contribution in [3.8, 4) is 22.3 Å². The Morgan fingerprint density at radius 2 is 1.62 bits per heavy atom. The van der Waals surface area contributed by atoms with Gasteiger partial charge in [-0.15, -0.1) is 0 Å². The van der Waals surface area contributed by atoms with Crippen LogP contribution in [0.1, 0.15) is 25.7 Å². The summed E-state index contributed by atoms with van der Waals surface area (Å²) in [7, 11) is 0. The number of nitrogens with one attached hydrogen (secondary N) is 1. The molecule has 0 radical (unpaired) electrons. The highest BCUT2D eigenvalue weighted by Crippen LogP contribution is 2.33. The molecule has 1 aliphatic carbocycles. The maximum atomic E-state index is 12.6. The molecule has 4 aromatic rings. The van der Waals surface area contributed by atoms with Gasteiger partial charge in [0.2, 0.25) is 5.91 Å². The fourth-order valence-electron chi connectivity index (χ4n) is 5.48. The second-order valence-corrected chi connectivity index (χ2v) is 10.0. The van der Waals surface area contributed by atoms with Crippen LogP contribution in [0.2, 0.25) is 0 Å². The zero-order chi connectivity index (χ0) is 25.2. The number of nitrogens with two attached hydrogens (primary N) is 1. The Bertz CT molecular complexity index is 1420. The van der Waals surface area contributed by atoms with Gasteiger partial charge in [-0.25, -0.2) is 4.98 Å². The van der Waals surface area contributed by atoms with Gasteiger partial charge in [-0.2, -0.15) is 0 Å². The molecule has 1 amide bonds. The molecule has 2 fully saturated rings. The third kappa shape index (κ3) is 5.02. The van der Waals surface area contributed by atoms with Gasteiger partial charge in [0.05, 0.1) is 18.7 Å². The summed E-state index contributed by atoms with van der Waals surface area (Å²) < 4.78 is 5.47. The molecule has 1 saturated heterocycles. The number of ether oxygens (including phenoxy) is 1. The predicted octanol–water partition coefficient (Wildman–Crippen LogP) is 6.12. The summed E-state index contributed by atoms with van der Waals surface area (Å²) in [4.78, 5) is 19.6. The third-order valence-corrected chi connectivity index (χ3v) is 7.59. The van der Waals surface area contributed by atoms with Gasteiger partial charge in [-0.1, -0.05) is 43.2 Å². The lowest BCUT2D eigenvalue weighted by Gasteiger charge is -2.29. The fraction of sp³-hybridized carbons (Fsp3) is 0.290. The lowest BCUT2D eigenvalue weighted by atomic mass is 9.99. The van der Waals surface area contributed by atoms with Crippen molar-refractivity contribution in [1.82, 2.24) is 4.98 Å². The number of nitrogen functional groups attached to an aromatic ring is 1. The van der Waals surface area contributed by atoms with Crippen LogP contribution in [0.4, 0.5) is 17.2 Å². The van der Waals surface area contributed by atoms with E-state index in [1.165, 1.54) is 5.69 Å². The molecule has 0 bridgehead atoms. The molecule has 1 saturated carbocycles. The highest BCUT2D eigenvalue weighted by atomic mass is 16.5. The normalized spacial score (nSPS) is 16.3. The number of amides is 1. The molecule has 0 spiro atoms. The number of benzene rings is 3. The molecule has 3 N–H and O–H groups in total. The van der Waals surface area contributed by atoms with Crippen LogP contribution in [-0.4, -0.2) is 37.2 Å². The zero-order valence-corrected chi connectivity index (χ0v) is 21.0. The first kappa shape index (κ1) is 23.5. The van der Waals surface area contributed by atoms with Crippen molar-refractivity contribution >= 4 is 34.0 Å². The molecular weight excluding hydrogens is 460 g/mol. The average Bonchev–Trinajstić information content (AvgIpc) is 3.49. The van der Waals surface area contributed by atoms with Crippen molar-refractivity contribution in [3.63, 3.8) is 0 Å². The van der Waals surface area contributed by atoms with E-state index in [0.717, 1.165) is 90.8 Å². The van der Waals surface area contributed by atoms with Crippen molar-refractivity contribution in [2.75, 3.05) is 42.3 Å². The fourth-order valence-corrected chi connectivity index (χ4v) is 5.48. The number of aromatic nitrogens is 1. The van der Waals surface area contributed by atoms with Crippen LogP contribution in [-0.2, 0) is 9.53 Å². The van der Waals surface area contributed by atoms with E-state index in [1.807, 2.05) is 24.3 Å². The number of morpholine rings is 1. The minimum Gasteiger partial charge on any atom is -0.383 e. The van der Waals surface area contributed by atoms with E-state index in [9.17, 15) is 4.79 Å². The number of pyridine rings is 1. The first-order valence-electron chi connectivity index (χ1n) is 13.2. The maximum Gasteiger partial charge on any atom is 0.227 e.